The SMILES string of the molecule is COc1ccc(-c2cc(C(=O)N/N=C/c3ccccc3C(=O)O)[nH]n2)cc1OC. The number of rotatable bonds is 7. The second kappa shape index (κ2) is 8.70. The fraction of sp³-hybridized carbons (Fsp3) is 0.100. The maximum Gasteiger partial charge on any atom is 0.336 e. The molecule has 3 rings (SSSR count). The Labute approximate surface area is 166 Å². The summed E-state index contributed by atoms with van der Waals surface area (Å²) in [6, 6.07) is 13.2. The van der Waals surface area contributed by atoms with E-state index in [1.807, 2.05) is 0 Å². The molecule has 3 aromatic rings. The number of aromatic carboxylic acids is 1. The zero-order chi connectivity index (χ0) is 20.8. The molecule has 0 aliphatic carbocycles. The summed E-state index contributed by atoms with van der Waals surface area (Å²) in [5.41, 5.74) is 4.26. The number of hydrogen-bond acceptors (Lipinski definition) is 6. The van der Waals surface area contributed by atoms with Gasteiger partial charge in [0.1, 0.15) is 5.69 Å². The second-order valence-corrected chi connectivity index (χ2v) is 5.83. The number of carbonyl (C=O) groups is 2. The van der Waals surface area contributed by atoms with Crippen LogP contribution in [0.3, 0.4) is 0 Å². The lowest BCUT2D eigenvalue weighted by Crippen LogP contribution is -2.18. The highest BCUT2D eigenvalue weighted by Gasteiger charge is 2.13. The number of benzene rings is 2. The molecule has 1 heterocycles. The number of aromatic nitrogens is 2. The number of aromatic amines is 1. The average Bonchev–Trinajstić information content (AvgIpc) is 3.23. The van der Waals surface area contributed by atoms with Crippen LogP contribution in [0.15, 0.2) is 53.6 Å². The molecule has 1 aromatic heterocycles. The predicted octanol–water partition coefficient (Wildman–Crippen LogP) is 2.56. The topological polar surface area (TPSA) is 126 Å². The summed E-state index contributed by atoms with van der Waals surface area (Å²) in [6.07, 6.45) is 1.27. The van der Waals surface area contributed by atoms with Gasteiger partial charge in [-0.3, -0.25) is 9.89 Å². The normalized spacial score (nSPS) is 10.7. The van der Waals surface area contributed by atoms with Gasteiger partial charge in [0, 0.05) is 11.1 Å². The fourth-order valence-electron chi connectivity index (χ4n) is 2.61. The third-order valence-corrected chi connectivity index (χ3v) is 4.06. The molecule has 0 unspecified atom stereocenters. The molecule has 0 atom stereocenters. The van der Waals surface area contributed by atoms with Gasteiger partial charge in [0.25, 0.3) is 5.91 Å². The summed E-state index contributed by atoms with van der Waals surface area (Å²) < 4.78 is 10.5. The predicted molar refractivity (Wildman–Crippen MR) is 106 cm³/mol. The van der Waals surface area contributed by atoms with Crippen LogP contribution in [-0.2, 0) is 0 Å². The first-order chi connectivity index (χ1) is 14.0. The number of carbonyl (C=O) groups excluding carboxylic acids is 1. The highest BCUT2D eigenvalue weighted by molar-refractivity contribution is 5.99. The van der Waals surface area contributed by atoms with Gasteiger partial charge in [-0.2, -0.15) is 10.2 Å². The molecule has 29 heavy (non-hydrogen) atoms. The molecular weight excluding hydrogens is 376 g/mol. The Morgan fingerprint density at radius 2 is 1.86 bits per heavy atom. The molecule has 148 valence electrons. The lowest BCUT2D eigenvalue weighted by molar-refractivity contribution is 0.0696. The molecule has 3 N–H and O–H groups in total. The quantitative estimate of drug-likeness (QED) is 0.418. The standard InChI is InChI=1S/C20H18N4O5/c1-28-17-8-7-12(9-18(17)29-2)15-10-16(23-22-15)19(25)24-21-11-13-5-3-4-6-14(13)20(26)27/h3-11H,1-2H3,(H,22,23)(H,24,25)(H,26,27)/b21-11+. The Kier molecular flexibility index (Phi) is 5.88. The van der Waals surface area contributed by atoms with Crippen molar-refractivity contribution in [3.63, 3.8) is 0 Å². The van der Waals surface area contributed by atoms with E-state index >= 15 is 0 Å². The number of amides is 1. The lowest BCUT2D eigenvalue weighted by atomic mass is 10.1. The largest absolute Gasteiger partial charge is 0.493 e. The van der Waals surface area contributed by atoms with Crippen LogP contribution in [0, 0.1) is 0 Å². The number of H-pyrrole nitrogens is 1. The maximum absolute atomic E-state index is 12.3. The van der Waals surface area contributed by atoms with E-state index in [1.54, 1.807) is 49.6 Å². The first-order valence-electron chi connectivity index (χ1n) is 8.47. The molecule has 0 fully saturated rings. The van der Waals surface area contributed by atoms with Gasteiger partial charge in [-0.15, -0.1) is 0 Å². The Morgan fingerprint density at radius 1 is 1.10 bits per heavy atom. The highest BCUT2D eigenvalue weighted by Crippen LogP contribution is 2.31. The van der Waals surface area contributed by atoms with Crippen LogP contribution in [0.4, 0.5) is 0 Å². The van der Waals surface area contributed by atoms with E-state index in [0.717, 1.165) is 5.56 Å². The number of ether oxygens (including phenoxy) is 2. The van der Waals surface area contributed by atoms with Crippen LogP contribution >= 0.6 is 0 Å². The molecule has 0 spiro atoms. The average molecular weight is 394 g/mol. The number of methoxy groups -OCH3 is 2. The van der Waals surface area contributed by atoms with Crippen molar-refractivity contribution in [2.24, 2.45) is 5.10 Å². The number of nitrogens with one attached hydrogen (secondary N) is 2. The van der Waals surface area contributed by atoms with Gasteiger partial charge in [-0.1, -0.05) is 18.2 Å². The molecule has 0 bridgehead atoms. The van der Waals surface area contributed by atoms with Gasteiger partial charge in [-0.05, 0) is 30.3 Å². The van der Waals surface area contributed by atoms with E-state index in [0.29, 0.717) is 22.8 Å². The molecule has 9 heteroatoms. The number of nitrogens with zero attached hydrogens (tertiary/aromatic N) is 2. The molecule has 2 aromatic carbocycles. The van der Waals surface area contributed by atoms with Crippen molar-refractivity contribution in [3.05, 3.63) is 65.4 Å². The minimum atomic E-state index is -1.08. The minimum absolute atomic E-state index is 0.0859. The molecule has 1 amide bonds. The Hall–Kier alpha value is -4.14. The smallest absolute Gasteiger partial charge is 0.336 e. The number of hydrazone groups is 1. The first kappa shape index (κ1) is 19.6. The van der Waals surface area contributed by atoms with Crippen molar-refractivity contribution in [2.45, 2.75) is 0 Å². The zero-order valence-corrected chi connectivity index (χ0v) is 15.7. The number of carboxylic acids is 1. The monoisotopic (exact) mass is 394 g/mol. The van der Waals surface area contributed by atoms with Crippen LogP contribution in [0.5, 0.6) is 11.5 Å². The van der Waals surface area contributed by atoms with Gasteiger partial charge in [0.05, 0.1) is 31.7 Å². The van der Waals surface area contributed by atoms with Crippen LogP contribution < -0.4 is 14.9 Å². The van der Waals surface area contributed by atoms with Crippen LogP contribution in [-0.4, -0.2) is 47.6 Å². The van der Waals surface area contributed by atoms with Crippen molar-refractivity contribution >= 4 is 18.1 Å². The van der Waals surface area contributed by atoms with E-state index in [1.165, 1.54) is 19.4 Å². The van der Waals surface area contributed by atoms with Crippen molar-refractivity contribution < 1.29 is 24.2 Å². The molecule has 0 saturated carbocycles. The Bertz CT molecular complexity index is 1070. The van der Waals surface area contributed by atoms with Crippen LogP contribution in [0.2, 0.25) is 0 Å². The number of carboxylic acid groups (broad SMARTS) is 1. The molecule has 0 saturated heterocycles. The van der Waals surface area contributed by atoms with E-state index < -0.39 is 11.9 Å². The molecule has 0 aliphatic rings. The van der Waals surface area contributed by atoms with Gasteiger partial charge in [-0.25, -0.2) is 10.2 Å². The summed E-state index contributed by atoms with van der Waals surface area (Å²) in [5.74, 6) is -0.471. The highest BCUT2D eigenvalue weighted by atomic mass is 16.5. The Morgan fingerprint density at radius 3 is 2.59 bits per heavy atom. The van der Waals surface area contributed by atoms with Crippen molar-refractivity contribution in [1.29, 1.82) is 0 Å². The zero-order valence-electron chi connectivity index (χ0n) is 15.7. The van der Waals surface area contributed by atoms with E-state index in [-0.39, 0.29) is 11.3 Å². The van der Waals surface area contributed by atoms with Crippen LogP contribution in [0.25, 0.3) is 11.3 Å². The summed E-state index contributed by atoms with van der Waals surface area (Å²) >= 11 is 0. The van der Waals surface area contributed by atoms with Gasteiger partial charge in [0.15, 0.2) is 11.5 Å². The molecule has 0 radical (unpaired) electrons. The minimum Gasteiger partial charge on any atom is -0.493 e. The van der Waals surface area contributed by atoms with Gasteiger partial charge in [0.2, 0.25) is 0 Å². The summed E-state index contributed by atoms with van der Waals surface area (Å²) in [6.45, 7) is 0. The fourth-order valence-corrected chi connectivity index (χ4v) is 2.61. The third kappa shape index (κ3) is 4.41. The summed E-state index contributed by atoms with van der Waals surface area (Å²) in [4.78, 5) is 23.4. The molecule has 0 aliphatic heterocycles. The Balaban J connectivity index is 1.73. The maximum atomic E-state index is 12.3. The third-order valence-electron chi connectivity index (χ3n) is 4.06. The lowest BCUT2D eigenvalue weighted by Gasteiger charge is -2.08. The van der Waals surface area contributed by atoms with Crippen LogP contribution in [0.1, 0.15) is 26.4 Å². The van der Waals surface area contributed by atoms with E-state index in [9.17, 15) is 9.59 Å². The molecular formula is C20H18N4O5. The summed E-state index contributed by atoms with van der Waals surface area (Å²) in [7, 11) is 3.08. The van der Waals surface area contributed by atoms with Crippen molar-refractivity contribution in [1.82, 2.24) is 15.6 Å². The second-order valence-electron chi connectivity index (χ2n) is 5.83. The number of hydrogen-bond donors (Lipinski definition) is 3. The van der Waals surface area contributed by atoms with E-state index in [4.69, 9.17) is 14.6 Å². The van der Waals surface area contributed by atoms with Gasteiger partial charge < -0.3 is 14.6 Å². The first-order valence-corrected chi connectivity index (χ1v) is 8.47. The van der Waals surface area contributed by atoms with E-state index in [2.05, 4.69) is 20.7 Å². The van der Waals surface area contributed by atoms with Crippen molar-refractivity contribution in [3.8, 4) is 22.8 Å². The summed E-state index contributed by atoms with van der Waals surface area (Å²) in [5, 5.41) is 19.8. The van der Waals surface area contributed by atoms with Gasteiger partial charge >= 0.3 is 5.97 Å². The molecule has 9 nitrogen and oxygen atoms in total. The van der Waals surface area contributed by atoms with Crippen molar-refractivity contribution in [2.75, 3.05) is 14.2 Å².